The minimum Gasteiger partial charge on any atom is -0.357 e. The van der Waals surface area contributed by atoms with E-state index in [1.54, 1.807) is 0 Å². The van der Waals surface area contributed by atoms with E-state index in [2.05, 4.69) is 24.1 Å². The van der Waals surface area contributed by atoms with Crippen molar-refractivity contribution in [1.29, 1.82) is 0 Å². The minimum atomic E-state index is 0.745. The van der Waals surface area contributed by atoms with E-state index in [4.69, 9.17) is 16.6 Å². The molecule has 0 bridgehead atoms. The topological polar surface area (TPSA) is 28.2 Å². The van der Waals surface area contributed by atoms with Crippen LogP contribution < -0.4 is 10.2 Å². The molecule has 2 rings (SSSR count). The molecule has 1 aromatic rings. The Kier molecular flexibility index (Phi) is 5.46. The molecule has 1 N–H and O–H groups in total. The molecule has 1 aliphatic heterocycles. The molecule has 0 amide bonds. The second kappa shape index (κ2) is 7.11. The maximum atomic E-state index is 6.20. The number of anilines is 1. The summed E-state index contributed by atoms with van der Waals surface area (Å²) in [6.07, 6.45) is 3.86. The van der Waals surface area contributed by atoms with Crippen molar-refractivity contribution >= 4 is 17.4 Å². The van der Waals surface area contributed by atoms with E-state index in [0.29, 0.717) is 0 Å². The molecule has 2 heterocycles. The molecule has 0 saturated carbocycles. The van der Waals surface area contributed by atoms with Crippen molar-refractivity contribution in [3.63, 3.8) is 0 Å². The van der Waals surface area contributed by atoms with Gasteiger partial charge in [0, 0.05) is 19.6 Å². The lowest BCUT2D eigenvalue weighted by Crippen LogP contribution is -2.34. The number of rotatable bonds is 5. The Hall–Kier alpha value is -0.800. The molecule has 1 aromatic heterocycles. The van der Waals surface area contributed by atoms with Crippen LogP contribution in [0.1, 0.15) is 38.8 Å². The van der Waals surface area contributed by atoms with Crippen LogP contribution in [0.25, 0.3) is 0 Å². The highest BCUT2D eigenvalue weighted by atomic mass is 35.5. The molecule has 0 atom stereocenters. The summed E-state index contributed by atoms with van der Waals surface area (Å²) in [6.45, 7) is 8.29. The van der Waals surface area contributed by atoms with Gasteiger partial charge in [-0.15, -0.1) is 0 Å². The Balaban J connectivity index is 2.04. The quantitative estimate of drug-likeness (QED) is 0.896. The van der Waals surface area contributed by atoms with Crippen LogP contribution in [0.5, 0.6) is 0 Å². The highest BCUT2D eigenvalue weighted by molar-refractivity contribution is 6.31. The van der Waals surface area contributed by atoms with Crippen molar-refractivity contribution < 1.29 is 0 Å². The first kappa shape index (κ1) is 14.6. The van der Waals surface area contributed by atoms with E-state index >= 15 is 0 Å². The lowest BCUT2D eigenvalue weighted by Gasteiger charge is -2.32. The highest BCUT2D eigenvalue weighted by Gasteiger charge is 2.19. The van der Waals surface area contributed by atoms with Crippen LogP contribution >= 0.6 is 11.6 Å². The Morgan fingerprint density at radius 2 is 2.05 bits per heavy atom. The van der Waals surface area contributed by atoms with Crippen LogP contribution in [0.3, 0.4) is 0 Å². The first-order valence-electron chi connectivity index (χ1n) is 7.35. The predicted molar refractivity (Wildman–Crippen MR) is 81.9 cm³/mol. The van der Waals surface area contributed by atoms with E-state index < -0.39 is 0 Å². The molecular formula is C15H24ClN3. The number of hydrogen-bond donors (Lipinski definition) is 1. The Labute approximate surface area is 121 Å². The van der Waals surface area contributed by atoms with E-state index in [-0.39, 0.29) is 0 Å². The van der Waals surface area contributed by atoms with Gasteiger partial charge in [-0.25, -0.2) is 4.98 Å². The van der Waals surface area contributed by atoms with Gasteiger partial charge in [0.05, 0.1) is 10.7 Å². The van der Waals surface area contributed by atoms with Crippen LogP contribution in [0.4, 0.5) is 5.82 Å². The molecule has 3 nitrogen and oxygen atoms in total. The molecule has 4 heteroatoms. The van der Waals surface area contributed by atoms with Crippen LogP contribution in [-0.4, -0.2) is 24.6 Å². The zero-order valence-electron chi connectivity index (χ0n) is 12.0. The van der Waals surface area contributed by atoms with E-state index in [0.717, 1.165) is 48.6 Å². The molecule has 0 aromatic carbocycles. The average Bonchev–Trinajstić information content (AvgIpc) is 2.46. The standard InChI is InChI=1S/C15H24ClN3/c1-3-12-7-9-19(10-8-12)15-6-5-13(16)14(18-15)11-17-4-2/h5-6,12,17H,3-4,7-11H2,1-2H3. The predicted octanol–water partition coefficient (Wildman–Crippen LogP) is 3.47. The molecule has 0 spiro atoms. The summed E-state index contributed by atoms with van der Waals surface area (Å²) in [7, 11) is 0. The number of aromatic nitrogens is 1. The number of nitrogens with one attached hydrogen (secondary N) is 1. The molecular weight excluding hydrogens is 258 g/mol. The monoisotopic (exact) mass is 281 g/mol. The van der Waals surface area contributed by atoms with Gasteiger partial charge in [0.15, 0.2) is 0 Å². The second-order valence-corrected chi connectivity index (χ2v) is 5.62. The summed E-state index contributed by atoms with van der Waals surface area (Å²) in [4.78, 5) is 7.10. The summed E-state index contributed by atoms with van der Waals surface area (Å²) in [6, 6.07) is 4.02. The number of halogens is 1. The van der Waals surface area contributed by atoms with Crippen molar-refractivity contribution in [2.45, 2.75) is 39.7 Å². The van der Waals surface area contributed by atoms with Crippen molar-refractivity contribution in [3.8, 4) is 0 Å². The third-order valence-corrected chi connectivity index (χ3v) is 4.31. The summed E-state index contributed by atoms with van der Waals surface area (Å²) in [5.74, 6) is 1.97. The van der Waals surface area contributed by atoms with Gasteiger partial charge in [0.1, 0.15) is 5.82 Å². The van der Waals surface area contributed by atoms with Crippen molar-refractivity contribution in [2.24, 2.45) is 5.92 Å². The fourth-order valence-electron chi connectivity index (χ4n) is 2.59. The second-order valence-electron chi connectivity index (χ2n) is 5.22. The zero-order chi connectivity index (χ0) is 13.7. The first-order valence-corrected chi connectivity index (χ1v) is 7.73. The molecule has 0 aliphatic carbocycles. The van der Waals surface area contributed by atoms with Crippen LogP contribution in [0.2, 0.25) is 5.02 Å². The average molecular weight is 282 g/mol. The molecule has 1 aliphatic rings. The lowest BCUT2D eigenvalue weighted by atomic mass is 9.94. The van der Waals surface area contributed by atoms with Crippen LogP contribution in [0, 0.1) is 5.92 Å². The Morgan fingerprint density at radius 3 is 2.68 bits per heavy atom. The van der Waals surface area contributed by atoms with Gasteiger partial charge in [-0.05, 0) is 37.4 Å². The van der Waals surface area contributed by atoms with E-state index in [1.165, 1.54) is 19.3 Å². The number of pyridine rings is 1. The molecule has 106 valence electrons. The Morgan fingerprint density at radius 1 is 1.32 bits per heavy atom. The van der Waals surface area contributed by atoms with Crippen molar-refractivity contribution in [3.05, 3.63) is 22.8 Å². The number of nitrogens with zero attached hydrogens (tertiary/aromatic N) is 2. The van der Waals surface area contributed by atoms with E-state index in [9.17, 15) is 0 Å². The lowest BCUT2D eigenvalue weighted by molar-refractivity contribution is 0.393. The highest BCUT2D eigenvalue weighted by Crippen LogP contribution is 2.25. The number of hydrogen-bond acceptors (Lipinski definition) is 3. The third kappa shape index (κ3) is 3.83. The molecule has 0 unspecified atom stereocenters. The van der Waals surface area contributed by atoms with Gasteiger partial charge in [-0.3, -0.25) is 0 Å². The molecule has 1 fully saturated rings. The van der Waals surface area contributed by atoms with Gasteiger partial charge < -0.3 is 10.2 Å². The Bertz CT molecular complexity index is 400. The summed E-state index contributed by atoms with van der Waals surface area (Å²) < 4.78 is 0. The van der Waals surface area contributed by atoms with Gasteiger partial charge >= 0.3 is 0 Å². The summed E-state index contributed by atoms with van der Waals surface area (Å²) in [5, 5.41) is 4.04. The molecule has 19 heavy (non-hydrogen) atoms. The van der Waals surface area contributed by atoms with E-state index in [1.807, 2.05) is 12.1 Å². The smallest absolute Gasteiger partial charge is 0.128 e. The van der Waals surface area contributed by atoms with Crippen LogP contribution in [0.15, 0.2) is 12.1 Å². The number of piperidine rings is 1. The molecule has 0 radical (unpaired) electrons. The fraction of sp³-hybridized carbons (Fsp3) is 0.667. The van der Waals surface area contributed by atoms with Gasteiger partial charge in [0.2, 0.25) is 0 Å². The SMILES string of the molecule is CCNCc1nc(N2CCC(CC)CC2)ccc1Cl. The third-order valence-electron chi connectivity index (χ3n) is 3.96. The van der Waals surface area contributed by atoms with Crippen molar-refractivity contribution in [2.75, 3.05) is 24.5 Å². The normalized spacial score (nSPS) is 16.9. The zero-order valence-corrected chi connectivity index (χ0v) is 12.7. The molecule has 1 saturated heterocycles. The summed E-state index contributed by atoms with van der Waals surface area (Å²) in [5.41, 5.74) is 0.957. The first-order chi connectivity index (χ1) is 9.24. The van der Waals surface area contributed by atoms with Crippen molar-refractivity contribution in [1.82, 2.24) is 10.3 Å². The van der Waals surface area contributed by atoms with Crippen LogP contribution in [-0.2, 0) is 6.54 Å². The minimum absolute atomic E-state index is 0.745. The fourth-order valence-corrected chi connectivity index (χ4v) is 2.76. The van der Waals surface area contributed by atoms with Gasteiger partial charge in [-0.1, -0.05) is 31.9 Å². The van der Waals surface area contributed by atoms with Gasteiger partial charge in [0.25, 0.3) is 0 Å². The largest absolute Gasteiger partial charge is 0.357 e. The maximum Gasteiger partial charge on any atom is 0.128 e. The van der Waals surface area contributed by atoms with Gasteiger partial charge in [-0.2, -0.15) is 0 Å². The maximum absolute atomic E-state index is 6.20. The summed E-state index contributed by atoms with van der Waals surface area (Å²) >= 11 is 6.20.